The number of aromatic amines is 1. The fourth-order valence-corrected chi connectivity index (χ4v) is 2.85. The minimum absolute atomic E-state index is 0.314. The molecule has 0 saturated carbocycles. The summed E-state index contributed by atoms with van der Waals surface area (Å²) in [4.78, 5) is 18.0. The number of rotatable bonds is 4. The van der Waals surface area contributed by atoms with Gasteiger partial charge in [0.1, 0.15) is 6.07 Å². The minimum atomic E-state index is -0.675. The van der Waals surface area contributed by atoms with Crippen molar-refractivity contribution < 1.29 is 10.0 Å². The van der Waals surface area contributed by atoms with Crippen LogP contribution in [0, 0.1) is 21.4 Å². The molecule has 0 fully saturated rings. The number of H-pyrrole nitrogens is 1. The van der Waals surface area contributed by atoms with E-state index in [0.29, 0.717) is 15.6 Å². The predicted molar refractivity (Wildman–Crippen MR) is 90.3 cm³/mol. The van der Waals surface area contributed by atoms with Crippen LogP contribution < -0.4 is 0 Å². The molecule has 0 aliphatic rings. The highest BCUT2D eigenvalue weighted by Crippen LogP contribution is 2.30. The lowest BCUT2D eigenvalue weighted by Gasteiger charge is -1.99. The molecule has 3 rings (SSSR count). The SMILES string of the molecule is N#C/C(=C\c1ccc(O)c([N+](=O)[O-])c1)Sc1nc2ccccc2[nH]1. The van der Waals surface area contributed by atoms with Gasteiger partial charge >= 0.3 is 5.69 Å². The van der Waals surface area contributed by atoms with Crippen molar-refractivity contribution in [2.45, 2.75) is 5.16 Å². The van der Waals surface area contributed by atoms with Gasteiger partial charge in [-0.2, -0.15) is 5.26 Å². The third-order valence-corrected chi connectivity index (χ3v) is 3.99. The molecule has 0 spiro atoms. The molecule has 1 aromatic heterocycles. The van der Waals surface area contributed by atoms with E-state index in [1.165, 1.54) is 24.3 Å². The number of nitro groups is 1. The number of aromatic nitrogens is 2. The van der Waals surface area contributed by atoms with Gasteiger partial charge in [-0.1, -0.05) is 18.2 Å². The first kappa shape index (κ1) is 15.6. The molecule has 0 atom stereocenters. The highest BCUT2D eigenvalue weighted by atomic mass is 32.2. The van der Waals surface area contributed by atoms with Crippen LogP contribution in [0.5, 0.6) is 5.75 Å². The Morgan fingerprint density at radius 3 is 2.88 bits per heavy atom. The molecule has 8 heteroatoms. The molecule has 3 aromatic rings. The van der Waals surface area contributed by atoms with Crippen LogP contribution in [-0.2, 0) is 0 Å². The van der Waals surface area contributed by atoms with Crippen LogP contribution in [0.1, 0.15) is 5.56 Å². The maximum atomic E-state index is 10.9. The van der Waals surface area contributed by atoms with Crippen molar-refractivity contribution in [1.29, 1.82) is 5.26 Å². The average Bonchev–Trinajstić information content (AvgIpc) is 2.97. The Kier molecular flexibility index (Phi) is 4.18. The quantitative estimate of drug-likeness (QED) is 0.323. The van der Waals surface area contributed by atoms with Crippen molar-refractivity contribution in [2.24, 2.45) is 0 Å². The standard InChI is InChI=1S/C16H10N4O3S/c17-9-11(7-10-5-6-15(21)14(8-10)20(22)23)24-16-18-12-3-1-2-4-13(12)19-16/h1-8,21H,(H,18,19)/b11-7+. The van der Waals surface area contributed by atoms with E-state index < -0.39 is 16.4 Å². The summed E-state index contributed by atoms with van der Waals surface area (Å²) < 4.78 is 0. The Balaban J connectivity index is 1.91. The first-order chi connectivity index (χ1) is 11.6. The summed E-state index contributed by atoms with van der Waals surface area (Å²) in [6.45, 7) is 0. The van der Waals surface area contributed by atoms with Crippen molar-refractivity contribution in [2.75, 3.05) is 0 Å². The number of nitrogens with one attached hydrogen (secondary N) is 1. The number of phenolic OH excluding ortho intramolecular Hbond substituents is 1. The maximum Gasteiger partial charge on any atom is 0.311 e. The molecule has 7 nitrogen and oxygen atoms in total. The van der Waals surface area contributed by atoms with Crippen LogP contribution in [0.2, 0.25) is 0 Å². The number of hydrogen-bond acceptors (Lipinski definition) is 6. The fraction of sp³-hybridized carbons (Fsp3) is 0. The Labute approximate surface area is 140 Å². The van der Waals surface area contributed by atoms with Gasteiger partial charge in [0.15, 0.2) is 10.9 Å². The average molecular weight is 338 g/mol. The van der Waals surface area contributed by atoms with Gasteiger partial charge < -0.3 is 10.1 Å². The lowest BCUT2D eigenvalue weighted by molar-refractivity contribution is -0.385. The molecular weight excluding hydrogens is 328 g/mol. The fourth-order valence-electron chi connectivity index (χ4n) is 2.09. The number of hydrogen-bond donors (Lipinski definition) is 2. The number of para-hydroxylation sites is 2. The van der Waals surface area contributed by atoms with Crippen LogP contribution in [0.15, 0.2) is 52.5 Å². The van der Waals surface area contributed by atoms with Crippen LogP contribution in [0.3, 0.4) is 0 Å². The van der Waals surface area contributed by atoms with Crippen LogP contribution >= 0.6 is 11.8 Å². The number of thioether (sulfide) groups is 1. The number of nitro benzene ring substituents is 1. The number of phenols is 1. The summed E-state index contributed by atoms with van der Waals surface area (Å²) in [5.41, 5.74) is 1.68. The molecule has 0 unspecified atom stereocenters. The van der Waals surface area contributed by atoms with Crippen molar-refractivity contribution in [1.82, 2.24) is 9.97 Å². The van der Waals surface area contributed by atoms with E-state index in [1.807, 2.05) is 30.3 Å². The Morgan fingerprint density at radius 1 is 1.38 bits per heavy atom. The zero-order chi connectivity index (χ0) is 17.1. The summed E-state index contributed by atoms with van der Waals surface area (Å²) in [5, 5.41) is 30.2. The van der Waals surface area contributed by atoms with Gasteiger partial charge in [0.05, 0.1) is 20.9 Å². The third kappa shape index (κ3) is 3.21. The summed E-state index contributed by atoms with van der Waals surface area (Å²) in [5.74, 6) is -0.416. The second kappa shape index (κ2) is 6.44. The second-order valence-corrected chi connectivity index (χ2v) is 5.82. The number of imidazole rings is 1. The minimum Gasteiger partial charge on any atom is -0.502 e. The van der Waals surface area contributed by atoms with Crippen molar-refractivity contribution >= 4 is 34.6 Å². The first-order valence-corrected chi connectivity index (χ1v) is 7.60. The van der Waals surface area contributed by atoms with Crippen molar-refractivity contribution in [3.05, 3.63) is 63.0 Å². The van der Waals surface area contributed by atoms with E-state index in [9.17, 15) is 20.5 Å². The summed E-state index contributed by atoms with van der Waals surface area (Å²) in [6, 6.07) is 13.5. The van der Waals surface area contributed by atoms with E-state index in [2.05, 4.69) is 9.97 Å². The monoisotopic (exact) mass is 338 g/mol. The first-order valence-electron chi connectivity index (χ1n) is 6.78. The molecule has 0 bridgehead atoms. The topological polar surface area (TPSA) is 116 Å². The Morgan fingerprint density at radius 2 is 2.17 bits per heavy atom. The van der Waals surface area contributed by atoms with Crippen LogP contribution in [0.4, 0.5) is 5.69 Å². The molecular formula is C16H10N4O3S. The second-order valence-electron chi connectivity index (χ2n) is 4.79. The van der Waals surface area contributed by atoms with E-state index in [4.69, 9.17) is 0 Å². The van der Waals surface area contributed by atoms with Gasteiger partial charge in [-0.05, 0) is 41.6 Å². The maximum absolute atomic E-state index is 10.9. The molecule has 24 heavy (non-hydrogen) atoms. The number of benzene rings is 2. The number of aromatic hydroxyl groups is 1. The molecule has 0 amide bonds. The summed E-state index contributed by atoms with van der Waals surface area (Å²) in [7, 11) is 0. The van der Waals surface area contributed by atoms with Gasteiger partial charge in [0.2, 0.25) is 0 Å². The van der Waals surface area contributed by atoms with Crippen molar-refractivity contribution in [3.63, 3.8) is 0 Å². The number of nitrogens with zero attached hydrogens (tertiary/aromatic N) is 3. The molecule has 118 valence electrons. The van der Waals surface area contributed by atoms with Crippen molar-refractivity contribution in [3.8, 4) is 11.8 Å². The Bertz CT molecular complexity index is 971. The zero-order valence-electron chi connectivity index (χ0n) is 12.1. The summed E-state index contributed by atoms with van der Waals surface area (Å²) in [6.07, 6.45) is 1.50. The van der Waals surface area contributed by atoms with Gasteiger partial charge in [0, 0.05) is 6.07 Å². The number of fused-ring (bicyclic) bond motifs is 1. The number of nitriles is 1. The van der Waals surface area contributed by atoms with Gasteiger partial charge in [0.25, 0.3) is 0 Å². The smallest absolute Gasteiger partial charge is 0.311 e. The van der Waals surface area contributed by atoms with E-state index in [0.717, 1.165) is 22.8 Å². The van der Waals surface area contributed by atoms with E-state index >= 15 is 0 Å². The molecule has 2 N–H and O–H groups in total. The lowest BCUT2D eigenvalue weighted by Crippen LogP contribution is -1.89. The summed E-state index contributed by atoms with van der Waals surface area (Å²) >= 11 is 1.13. The van der Waals surface area contributed by atoms with E-state index in [1.54, 1.807) is 0 Å². The highest BCUT2D eigenvalue weighted by molar-refractivity contribution is 8.03. The highest BCUT2D eigenvalue weighted by Gasteiger charge is 2.13. The molecule has 0 saturated heterocycles. The van der Waals surface area contributed by atoms with Gasteiger partial charge in [-0.25, -0.2) is 4.98 Å². The third-order valence-electron chi connectivity index (χ3n) is 3.18. The van der Waals surface area contributed by atoms with Crippen LogP contribution in [-0.4, -0.2) is 20.0 Å². The molecule has 1 heterocycles. The van der Waals surface area contributed by atoms with Gasteiger partial charge in [-0.15, -0.1) is 0 Å². The zero-order valence-corrected chi connectivity index (χ0v) is 12.9. The normalized spacial score (nSPS) is 11.4. The molecule has 2 aromatic carbocycles. The van der Waals surface area contributed by atoms with Crippen LogP contribution in [0.25, 0.3) is 17.1 Å². The van der Waals surface area contributed by atoms with Gasteiger partial charge in [-0.3, -0.25) is 10.1 Å². The largest absolute Gasteiger partial charge is 0.502 e. The lowest BCUT2D eigenvalue weighted by atomic mass is 10.2. The van der Waals surface area contributed by atoms with E-state index in [-0.39, 0.29) is 0 Å². The molecule has 0 aliphatic carbocycles. The number of allylic oxidation sites excluding steroid dienone is 1. The Hall–Kier alpha value is -3.31. The predicted octanol–water partition coefficient (Wildman–Crippen LogP) is 3.83. The molecule has 0 radical (unpaired) electrons. The molecule has 0 aliphatic heterocycles.